The predicted octanol–water partition coefficient (Wildman–Crippen LogP) is 4.05. The minimum atomic E-state index is -0.486. The number of amides is 1. The molecule has 1 aliphatic heterocycles. The van der Waals surface area contributed by atoms with E-state index in [-0.39, 0.29) is 11.6 Å². The number of aromatic nitrogens is 1. The number of anilines is 1. The van der Waals surface area contributed by atoms with Crippen LogP contribution in [-0.2, 0) is 4.79 Å². The Bertz CT molecular complexity index is 884. The molecule has 2 heterocycles. The van der Waals surface area contributed by atoms with Crippen LogP contribution in [0.1, 0.15) is 5.56 Å². The summed E-state index contributed by atoms with van der Waals surface area (Å²) >= 11 is 12.2. The lowest BCUT2D eigenvalue weighted by Crippen LogP contribution is -2.28. The molecule has 1 amide bonds. The van der Waals surface area contributed by atoms with Crippen LogP contribution in [0, 0.1) is 10.1 Å². The van der Waals surface area contributed by atoms with E-state index in [4.69, 9.17) is 23.8 Å². The van der Waals surface area contributed by atoms with E-state index in [1.807, 2.05) is 0 Å². The summed E-state index contributed by atoms with van der Waals surface area (Å²) < 4.78 is 0.339. The number of nitro benzene ring substituents is 1. The van der Waals surface area contributed by atoms with Crippen molar-refractivity contribution in [3.8, 4) is 0 Å². The van der Waals surface area contributed by atoms with Gasteiger partial charge in [-0.3, -0.25) is 14.9 Å². The van der Waals surface area contributed by atoms with Gasteiger partial charge in [-0.2, -0.15) is 0 Å². The Morgan fingerprint density at radius 3 is 2.79 bits per heavy atom. The van der Waals surface area contributed by atoms with Crippen molar-refractivity contribution in [3.05, 3.63) is 68.2 Å². The van der Waals surface area contributed by atoms with Gasteiger partial charge in [-0.05, 0) is 23.8 Å². The molecule has 2 aromatic rings. The molecule has 0 spiro atoms. The first-order valence-corrected chi connectivity index (χ1v) is 8.20. The molecule has 0 bridgehead atoms. The Hall–Kier alpha value is -2.29. The molecule has 1 aromatic carbocycles. The van der Waals surface area contributed by atoms with Crippen molar-refractivity contribution in [3.63, 3.8) is 0 Å². The zero-order chi connectivity index (χ0) is 17.3. The number of nitro groups is 1. The van der Waals surface area contributed by atoms with Crippen molar-refractivity contribution in [2.45, 2.75) is 0 Å². The number of non-ortho nitro benzene ring substituents is 1. The van der Waals surface area contributed by atoms with Crippen LogP contribution in [0.4, 0.5) is 11.5 Å². The molecule has 24 heavy (non-hydrogen) atoms. The summed E-state index contributed by atoms with van der Waals surface area (Å²) in [4.78, 5) is 28.7. The predicted molar refractivity (Wildman–Crippen MR) is 98.0 cm³/mol. The fraction of sp³-hybridized carbons (Fsp3) is 0. The van der Waals surface area contributed by atoms with E-state index in [1.165, 1.54) is 23.2 Å². The Morgan fingerprint density at radius 1 is 1.33 bits per heavy atom. The number of thioether (sulfide) groups is 1. The second-order valence-corrected chi connectivity index (χ2v) is 6.82. The Kier molecular flexibility index (Phi) is 4.61. The fourth-order valence-electron chi connectivity index (χ4n) is 2.05. The van der Waals surface area contributed by atoms with Crippen LogP contribution < -0.4 is 4.90 Å². The molecule has 3 rings (SSSR count). The third kappa shape index (κ3) is 3.30. The molecule has 9 heteroatoms. The first-order valence-electron chi connectivity index (χ1n) is 6.59. The van der Waals surface area contributed by atoms with Gasteiger partial charge in [-0.25, -0.2) is 9.88 Å². The summed E-state index contributed by atoms with van der Waals surface area (Å²) in [5.41, 5.74) is 0.507. The van der Waals surface area contributed by atoms with Gasteiger partial charge >= 0.3 is 0 Å². The first-order chi connectivity index (χ1) is 11.5. The van der Waals surface area contributed by atoms with E-state index in [1.54, 1.807) is 30.3 Å². The minimum absolute atomic E-state index is 0.0430. The second kappa shape index (κ2) is 6.68. The lowest BCUT2D eigenvalue weighted by atomic mass is 10.2. The molecule has 1 saturated heterocycles. The number of benzene rings is 1. The quantitative estimate of drug-likeness (QED) is 0.347. The molecule has 1 aromatic heterocycles. The van der Waals surface area contributed by atoms with Crippen LogP contribution in [0.2, 0.25) is 5.02 Å². The van der Waals surface area contributed by atoms with Gasteiger partial charge in [0, 0.05) is 18.3 Å². The van der Waals surface area contributed by atoms with Gasteiger partial charge < -0.3 is 0 Å². The molecule has 0 saturated carbocycles. The molecule has 0 atom stereocenters. The van der Waals surface area contributed by atoms with E-state index >= 15 is 0 Å². The maximum Gasteiger partial charge on any atom is 0.271 e. The average molecular weight is 378 g/mol. The molecule has 1 fully saturated rings. The van der Waals surface area contributed by atoms with Gasteiger partial charge in [0.1, 0.15) is 5.82 Å². The van der Waals surface area contributed by atoms with Crippen molar-refractivity contribution in [2.24, 2.45) is 0 Å². The fourth-order valence-corrected chi connectivity index (χ4v) is 3.43. The topological polar surface area (TPSA) is 76.3 Å². The highest BCUT2D eigenvalue weighted by molar-refractivity contribution is 8.27. The third-order valence-electron chi connectivity index (χ3n) is 3.11. The summed E-state index contributed by atoms with van der Waals surface area (Å²) in [5, 5.41) is 11.3. The Labute approximate surface area is 151 Å². The van der Waals surface area contributed by atoms with Crippen LogP contribution in [-0.4, -0.2) is 20.1 Å². The zero-order valence-corrected chi connectivity index (χ0v) is 14.3. The summed E-state index contributed by atoms with van der Waals surface area (Å²) in [6.45, 7) is 0. The number of carbonyl (C=O) groups is 1. The second-order valence-electron chi connectivity index (χ2n) is 4.70. The molecule has 0 unspecified atom stereocenters. The normalized spacial score (nSPS) is 16.0. The van der Waals surface area contributed by atoms with Gasteiger partial charge in [0.05, 0.1) is 14.9 Å². The third-order valence-corrected chi connectivity index (χ3v) is 4.64. The van der Waals surface area contributed by atoms with Gasteiger partial charge in [0.2, 0.25) is 0 Å². The SMILES string of the molecule is O=C1/C(=C/c2cccc([N+](=O)[O-])c2)SC(=S)N1c1ccc(Cl)cn1. The van der Waals surface area contributed by atoms with Crippen LogP contribution in [0.25, 0.3) is 6.08 Å². The van der Waals surface area contributed by atoms with Crippen LogP contribution >= 0.6 is 35.6 Å². The number of carbonyl (C=O) groups excluding carboxylic acids is 1. The average Bonchev–Trinajstić information content (AvgIpc) is 2.83. The maximum absolute atomic E-state index is 12.6. The highest BCUT2D eigenvalue weighted by atomic mass is 35.5. The van der Waals surface area contributed by atoms with E-state index in [0.29, 0.717) is 25.6 Å². The monoisotopic (exact) mass is 377 g/mol. The summed E-state index contributed by atoms with van der Waals surface area (Å²) in [5.74, 6) is 0.0515. The van der Waals surface area contributed by atoms with E-state index in [2.05, 4.69) is 4.98 Å². The van der Waals surface area contributed by atoms with E-state index in [9.17, 15) is 14.9 Å². The van der Waals surface area contributed by atoms with E-state index < -0.39 is 4.92 Å². The minimum Gasteiger partial charge on any atom is -0.268 e. The lowest BCUT2D eigenvalue weighted by Gasteiger charge is -2.12. The van der Waals surface area contributed by atoms with Gasteiger partial charge in [0.15, 0.2) is 4.32 Å². The molecule has 0 N–H and O–H groups in total. The number of hydrogen-bond acceptors (Lipinski definition) is 6. The molecule has 0 aliphatic carbocycles. The number of hydrogen-bond donors (Lipinski definition) is 0. The standard InChI is InChI=1S/C15H8ClN3O3S2/c16-10-4-5-13(17-8-10)18-14(20)12(24-15(18)23)7-9-2-1-3-11(6-9)19(21)22/h1-8H/b12-7-. The number of halogens is 1. The summed E-state index contributed by atoms with van der Waals surface area (Å²) in [7, 11) is 0. The Balaban J connectivity index is 1.92. The highest BCUT2D eigenvalue weighted by Gasteiger charge is 2.34. The van der Waals surface area contributed by atoms with Crippen molar-refractivity contribution in [2.75, 3.05) is 4.90 Å². The summed E-state index contributed by atoms with van der Waals surface area (Å²) in [6, 6.07) is 9.24. The molecular formula is C15H8ClN3O3S2. The first kappa shape index (κ1) is 16.6. The molecule has 6 nitrogen and oxygen atoms in total. The van der Waals surface area contributed by atoms with Gasteiger partial charge in [0.25, 0.3) is 11.6 Å². The Morgan fingerprint density at radius 2 is 2.12 bits per heavy atom. The molecular weight excluding hydrogens is 370 g/mol. The van der Waals surface area contributed by atoms with Crippen molar-refractivity contribution < 1.29 is 9.72 Å². The number of nitrogens with zero attached hydrogens (tertiary/aromatic N) is 3. The number of thiocarbonyl (C=S) groups is 1. The largest absolute Gasteiger partial charge is 0.271 e. The van der Waals surface area contributed by atoms with Crippen LogP contribution in [0.15, 0.2) is 47.5 Å². The number of rotatable bonds is 3. The maximum atomic E-state index is 12.6. The van der Waals surface area contributed by atoms with Crippen LogP contribution in [0.3, 0.4) is 0 Å². The van der Waals surface area contributed by atoms with Crippen LogP contribution in [0.5, 0.6) is 0 Å². The highest BCUT2D eigenvalue weighted by Crippen LogP contribution is 2.35. The molecule has 0 radical (unpaired) electrons. The summed E-state index contributed by atoms with van der Waals surface area (Å²) in [6.07, 6.45) is 3.00. The van der Waals surface area contributed by atoms with E-state index in [0.717, 1.165) is 11.8 Å². The van der Waals surface area contributed by atoms with Crippen molar-refractivity contribution in [1.82, 2.24) is 4.98 Å². The molecule has 120 valence electrons. The van der Waals surface area contributed by atoms with Crippen molar-refractivity contribution in [1.29, 1.82) is 0 Å². The van der Waals surface area contributed by atoms with Gasteiger partial charge in [-0.15, -0.1) is 0 Å². The smallest absolute Gasteiger partial charge is 0.268 e. The van der Waals surface area contributed by atoms with Crippen molar-refractivity contribution >= 4 is 63.4 Å². The van der Waals surface area contributed by atoms with Gasteiger partial charge in [-0.1, -0.05) is 47.7 Å². The lowest BCUT2D eigenvalue weighted by molar-refractivity contribution is -0.384. The zero-order valence-electron chi connectivity index (χ0n) is 11.9. The number of pyridine rings is 1. The molecule has 1 aliphatic rings.